The molecule has 0 aliphatic rings. The quantitative estimate of drug-likeness (QED) is 0.748. The molecule has 0 fully saturated rings. The molecule has 1 N–H and O–H groups in total. The SMILES string of the molecule is O=S(=O)(O)c1ccc(Cl)cc1Cl. The van der Waals surface area contributed by atoms with Crippen molar-refractivity contribution in [1.29, 1.82) is 0 Å². The van der Waals surface area contributed by atoms with Crippen molar-refractivity contribution >= 4 is 33.3 Å². The number of benzene rings is 1. The molecule has 0 aromatic heterocycles. The van der Waals surface area contributed by atoms with Crippen molar-refractivity contribution in [2.45, 2.75) is 4.90 Å². The van der Waals surface area contributed by atoms with Gasteiger partial charge in [-0.05, 0) is 18.2 Å². The number of rotatable bonds is 1. The normalized spacial score (nSPS) is 11.6. The predicted molar refractivity (Wildman–Crippen MR) is 46.3 cm³/mol. The van der Waals surface area contributed by atoms with Gasteiger partial charge in [-0.25, -0.2) is 0 Å². The second-order valence-corrected chi connectivity index (χ2v) is 4.28. The highest BCUT2D eigenvalue weighted by Crippen LogP contribution is 2.24. The third-order valence-electron chi connectivity index (χ3n) is 1.17. The first-order valence-corrected chi connectivity index (χ1v) is 5.03. The molecule has 66 valence electrons. The maximum atomic E-state index is 10.6. The molecule has 0 atom stereocenters. The molecular weight excluding hydrogens is 223 g/mol. The van der Waals surface area contributed by atoms with Crippen LogP contribution in [0.5, 0.6) is 0 Å². The molecule has 0 aliphatic heterocycles. The molecule has 1 aromatic rings. The van der Waals surface area contributed by atoms with Crippen LogP contribution in [0.25, 0.3) is 0 Å². The predicted octanol–water partition coefficient (Wildman–Crippen LogP) is 2.24. The van der Waals surface area contributed by atoms with Crippen LogP contribution in [-0.2, 0) is 10.1 Å². The van der Waals surface area contributed by atoms with Gasteiger partial charge >= 0.3 is 0 Å². The van der Waals surface area contributed by atoms with E-state index in [1.54, 1.807) is 0 Å². The van der Waals surface area contributed by atoms with Crippen molar-refractivity contribution in [3.8, 4) is 0 Å². The van der Waals surface area contributed by atoms with E-state index in [0.29, 0.717) is 5.02 Å². The Kier molecular flexibility index (Phi) is 2.63. The van der Waals surface area contributed by atoms with Crippen molar-refractivity contribution in [2.75, 3.05) is 0 Å². The molecule has 0 heterocycles. The minimum atomic E-state index is -4.24. The molecule has 3 nitrogen and oxygen atoms in total. The van der Waals surface area contributed by atoms with Crippen molar-refractivity contribution < 1.29 is 13.0 Å². The lowest BCUT2D eigenvalue weighted by molar-refractivity contribution is 0.483. The summed E-state index contributed by atoms with van der Waals surface area (Å²) in [5.74, 6) is 0. The summed E-state index contributed by atoms with van der Waals surface area (Å²) >= 11 is 11.0. The van der Waals surface area contributed by atoms with Gasteiger partial charge in [0.05, 0.1) is 5.02 Å². The highest BCUT2D eigenvalue weighted by molar-refractivity contribution is 7.86. The summed E-state index contributed by atoms with van der Waals surface area (Å²) in [6.07, 6.45) is 0. The fourth-order valence-electron chi connectivity index (χ4n) is 0.684. The summed E-state index contributed by atoms with van der Waals surface area (Å²) in [7, 11) is -4.24. The van der Waals surface area contributed by atoms with Crippen LogP contribution in [0.15, 0.2) is 23.1 Å². The van der Waals surface area contributed by atoms with Crippen LogP contribution >= 0.6 is 23.2 Å². The van der Waals surface area contributed by atoms with E-state index < -0.39 is 10.1 Å². The van der Waals surface area contributed by atoms with Gasteiger partial charge in [0.15, 0.2) is 0 Å². The smallest absolute Gasteiger partial charge is 0.282 e. The molecule has 1 rings (SSSR count). The average Bonchev–Trinajstić information content (AvgIpc) is 1.83. The molecule has 12 heavy (non-hydrogen) atoms. The average molecular weight is 227 g/mol. The van der Waals surface area contributed by atoms with Gasteiger partial charge in [-0.15, -0.1) is 0 Å². The fourth-order valence-corrected chi connectivity index (χ4v) is 1.93. The molecule has 1 aromatic carbocycles. The van der Waals surface area contributed by atoms with E-state index >= 15 is 0 Å². The Morgan fingerprint density at radius 3 is 2.25 bits per heavy atom. The first-order valence-electron chi connectivity index (χ1n) is 2.84. The Labute approximate surface area is 79.7 Å². The van der Waals surface area contributed by atoms with Crippen LogP contribution in [-0.4, -0.2) is 13.0 Å². The fraction of sp³-hybridized carbons (Fsp3) is 0. The van der Waals surface area contributed by atoms with Crippen LogP contribution in [0.4, 0.5) is 0 Å². The maximum absolute atomic E-state index is 10.6. The van der Waals surface area contributed by atoms with Crippen LogP contribution < -0.4 is 0 Å². The third-order valence-corrected chi connectivity index (χ3v) is 2.74. The molecule has 0 radical (unpaired) electrons. The lowest BCUT2D eigenvalue weighted by Gasteiger charge is -1.99. The number of hydrogen-bond acceptors (Lipinski definition) is 2. The first kappa shape index (κ1) is 9.80. The third kappa shape index (κ3) is 2.10. The zero-order chi connectivity index (χ0) is 9.35. The van der Waals surface area contributed by atoms with Crippen LogP contribution in [0, 0.1) is 0 Å². The van der Waals surface area contributed by atoms with Gasteiger partial charge in [0.2, 0.25) is 0 Å². The number of hydrogen-bond donors (Lipinski definition) is 1. The van der Waals surface area contributed by atoms with Crippen molar-refractivity contribution in [3.63, 3.8) is 0 Å². The summed E-state index contributed by atoms with van der Waals surface area (Å²) in [5.41, 5.74) is 0. The van der Waals surface area contributed by atoms with Crippen LogP contribution in [0.3, 0.4) is 0 Å². The summed E-state index contributed by atoms with van der Waals surface area (Å²) in [5, 5.41) is 0.220. The zero-order valence-corrected chi connectivity index (χ0v) is 7.99. The van der Waals surface area contributed by atoms with E-state index in [4.69, 9.17) is 27.8 Å². The Morgan fingerprint density at radius 1 is 1.25 bits per heavy atom. The van der Waals surface area contributed by atoms with Gasteiger partial charge in [-0.2, -0.15) is 8.42 Å². The summed E-state index contributed by atoms with van der Waals surface area (Å²) < 4.78 is 29.8. The van der Waals surface area contributed by atoms with Crippen LogP contribution in [0.1, 0.15) is 0 Å². The summed E-state index contributed by atoms with van der Waals surface area (Å²) in [6.45, 7) is 0. The second kappa shape index (κ2) is 3.22. The van der Waals surface area contributed by atoms with Crippen molar-refractivity contribution in [3.05, 3.63) is 28.2 Å². The molecule has 6 heteroatoms. The maximum Gasteiger partial charge on any atom is 0.296 e. The van der Waals surface area contributed by atoms with E-state index in [2.05, 4.69) is 0 Å². The molecule has 0 saturated carbocycles. The zero-order valence-electron chi connectivity index (χ0n) is 5.66. The topological polar surface area (TPSA) is 54.4 Å². The van der Waals surface area contributed by atoms with Gasteiger partial charge in [0, 0.05) is 5.02 Å². The van der Waals surface area contributed by atoms with Gasteiger partial charge in [0.1, 0.15) is 4.90 Å². The Balaban J connectivity index is 3.39. The number of halogens is 2. The molecule has 0 amide bonds. The van der Waals surface area contributed by atoms with Crippen molar-refractivity contribution in [1.82, 2.24) is 0 Å². The lowest BCUT2D eigenvalue weighted by Crippen LogP contribution is -1.98. The van der Waals surface area contributed by atoms with Gasteiger partial charge < -0.3 is 0 Å². The van der Waals surface area contributed by atoms with Gasteiger partial charge in [-0.1, -0.05) is 23.2 Å². The highest BCUT2D eigenvalue weighted by atomic mass is 35.5. The lowest BCUT2D eigenvalue weighted by atomic mass is 10.4. The summed E-state index contributed by atoms with van der Waals surface area (Å²) in [6, 6.07) is 3.71. The Hall–Kier alpha value is -0.290. The van der Waals surface area contributed by atoms with E-state index in [1.807, 2.05) is 0 Å². The Bertz CT molecular complexity index is 399. The summed E-state index contributed by atoms with van der Waals surface area (Å²) in [4.78, 5) is -0.339. The van der Waals surface area contributed by atoms with E-state index in [0.717, 1.165) is 6.07 Å². The molecule has 0 spiro atoms. The largest absolute Gasteiger partial charge is 0.296 e. The minimum absolute atomic E-state index is 0.0926. The molecule has 0 aliphatic carbocycles. The highest BCUT2D eigenvalue weighted by Gasteiger charge is 2.13. The second-order valence-electron chi connectivity index (χ2n) is 2.05. The van der Waals surface area contributed by atoms with E-state index in [-0.39, 0.29) is 9.92 Å². The monoisotopic (exact) mass is 226 g/mol. The Morgan fingerprint density at radius 2 is 1.83 bits per heavy atom. The van der Waals surface area contributed by atoms with Gasteiger partial charge in [0.25, 0.3) is 10.1 Å². The van der Waals surface area contributed by atoms with E-state index in [9.17, 15) is 8.42 Å². The standard InChI is InChI=1S/C6H4Cl2O3S/c7-4-1-2-6(5(8)3-4)12(9,10)11/h1-3H,(H,9,10,11). The molecular formula is C6H4Cl2O3S. The van der Waals surface area contributed by atoms with E-state index in [1.165, 1.54) is 12.1 Å². The molecule has 0 unspecified atom stereocenters. The van der Waals surface area contributed by atoms with Crippen molar-refractivity contribution in [2.24, 2.45) is 0 Å². The van der Waals surface area contributed by atoms with Gasteiger partial charge in [-0.3, -0.25) is 4.55 Å². The molecule has 0 saturated heterocycles. The first-order chi connectivity index (χ1) is 5.41. The van der Waals surface area contributed by atoms with Crippen LogP contribution in [0.2, 0.25) is 10.0 Å². The molecule has 0 bridgehead atoms. The minimum Gasteiger partial charge on any atom is -0.282 e.